The first-order chi connectivity index (χ1) is 9.81. The van der Waals surface area contributed by atoms with Gasteiger partial charge in [-0.15, -0.1) is 11.8 Å². The molecule has 0 saturated heterocycles. The summed E-state index contributed by atoms with van der Waals surface area (Å²) in [5.74, 6) is 6.35. The van der Waals surface area contributed by atoms with Gasteiger partial charge in [-0.25, -0.2) is 0 Å². The van der Waals surface area contributed by atoms with Gasteiger partial charge in [0.1, 0.15) is 0 Å². The van der Waals surface area contributed by atoms with Crippen LogP contribution >= 0.6 is 0 Å². The Kier molecular flexibility index (Phi) is 10.8. The SMILES string of the molecule is CC#CCCC(OCC(C)C)(OCC(C)C)OCC(C)C. The molecule has 0 amide bonds. The molecule has 0 rings (SSSR count). The highest BCUT2D eigenvalue weighted by atomic mass is 16.9. The first kappa shape index (κ1) is 20.4. The predicted octanol–water partition coefficient (Wildman–Crippen LogP) is 4.46. The highest BCUT2D eigenvalue weighted by Crippen LogP contribution is 2.25. The van der Waals surface area contributed by atoms with E-state index in [0.717, 1.165) is 0 Å². The van der Waals surface area contributed by atoms with Crippen molar-refractivity contribution in [1.82, 2.24) is 0 Å². The lowest BCUT2D eigenvalue weighted by Gasteiger charge is -2.35. The quantitative estimate of drug-likeness (QED) is 0.416. The molecule has 3 heteroatoms. The van der Waals surface area contributed by atoms with Crippen LogP contribution in [-0.4, -0.2) is 25.8 Å². The third-order valence-electron chi connectivity index (χ3n) is 2.64. The summed E-state index contributed by atoms with van der Waals surface area (Å²) in [5, 5.41) is 0. The van der Waals surface area contributed by atoms with Crippen molar-refractivity contribution in [2.45, 2.75) is 67.3 Å². The number of ether oxygens (including phenoxy) is 3. The molecule has 0 aliphatic carbocycles. The molecule has 3 nitrogen and oxygen atoms in total. The largest absolute Gasteiger partial charge is 0.327 e. The van der Waals surface area contributed by atoms with E-state index in [1.807, 2.05) is 6.92 Å². The minimum atomic E-state index is -0.956. The van der Waals surface area contributed by atoms with E-state index in [1.54, 1.807) is 0 Å². The zero-order valence-corrected chi connectivity index (χ0v) is 15.0. The van der Waals surface area contributed by atoms with Crippen molar-refractivity contribution in [3.05, 3.63) is 0 Å². The van der Waals surface area contributed by atoms with Crippen LogP contribution in [0.2, 0.25) is 0 Å². The van der Waals surface area contributed by atoms with Gasteiger partial charge in [-0.3, -0.25) is 0 Å². The van der Waals surface area contributed by atoms with E-state index >= 15 is 0 Å². The molecular weight excluding hydrogens is 264 g/mol. The molecule has 0 unspecified atom stereocenters. The Labute approximate surface area is 131 Å². The molecule has 21 heavy (non-hydrogen) atoms. The fourth-order valence-electron chi connectivity index (χ4n) is 1.56. The second-order valence-electron chi connectivity index (χ2n) is 6.72. The number of hydrogen-bond donors (Lipinski definition) is 0. The lowest BCUT2D eigenvalue weighted by Crippen LogP contribution is -2.42. The Morgan fingerprint density at radius 3 is 1.43 bits per heavy atom. The maximum absolute atomic E-state index is 6.03. The smallest absolute Gasteiger partial charge is 0.283 e. The predicted molar refractivity (Wildman–Crippen MR) is 87.8 cm³/mol. The standard InChI is InChI=1S/C18H34O3/c1-8-9-10-11-18(19-12-15(2)3,20-13-16(4)5)21-14-17(6)7/h15-17H,10-14H2,1-7H3. The van der Waals surface area contributed by atoms with E-state index in [0.29, 0.717) is 50.4 Å². The normalized spacial score (nSPS) is 12.1. The summed E-state index contributed by atoms with van der Waals surface area (Å²) < 4.78 is 18.1. The summed E-state index contributed by atoms with van der Waals surface area (Å²) in [7, 11) is 0. The van der Waals surface area contributed by atoms with Gasteiger partial charge in [0.25, 0.3) is 5.97 Å². The molecule has 0 aromatic heterocycles. The Morgan fingerprint density at radius 2 is 1.14 bits per heavy atom. The van der Waals surface area contributed by atoms with Crippen LogP contribution in [0.25, 0.3) is 0 Å². The van der Waals surface area contributed by atoms with Gasteiger partial charge in [0.15, 0.2) is 0 Å². The lowest BCUT2D eigenvalue weighted by molar-refractivity contribution is -0.389. The third-order valence-corrected chi connectivity index (χ3v) is 2.64. The molecule has 0 aliphatic rings. The molecule has 0 fully saturated rings. The first-order valence-corrected chi connectivity index (χ1v) is 8.12. The summed E-state index contributed by atoms with van der Waals surface area (Å²) in [4.78, 5) is 0. The van der Waals surface area contributed by atoms with Crippen LogP contribution in [0.1, 0.15) is 61.3 Å². The third kappa shape index (κ3) is 10.8. The highest BCUT2D eigenvalue weighted by Gasteiger charge is 2.34. The summed E-state index contributed by atoms with van der Waals surface area (Å²) in [6, 6.07) is 0. The van der Waals surface area contributed by atoms with Crippen molar-refractivity contribution in [1.29, 1.82) is 0 Å². The van der Waals surface area contributed by atoms with Crippen LogP contribution in [0.3, 0.4) is 0 Å². The molecule has 0 radical (unpaired) electrons. The summed E-state index contributed by atoms with van der Waals surface area (Å²) in [5.41, 5.74) is 0. The van der Waals surface area contributed by atoms with Crippen molar-refractivity contribution in [3.8, 4) is 11.8 Å². The molecule has 0 aromatic carbocycles. The van der Waals surface area contributed by atoms with Crippen molar-refractivity contribution in [3.63, 3.8) is 0 Å². The van der Waals surface area contributed by atoms with Gasteiger partial charge >= 0.3 is 0 Å². The van der Waals surface area contributed by atoms with Crippen LogP contribution in [-0.2, 0) is 14.2 Å². The Hall–Kier alpha value is -0.560. The molecular formula is C18H34O3. The van der Waals surface area contributed by atoms with Gasteiger partial charge in [0.2, 0.25) is 0 Å². The average Bonchev–Trinajstić information content (AvgIpc) is 2.40. The second-order valence-corrected chi connectivity index (χ2v) is 6.72. The van der Waals surface area contributed by atoms with Gasteiger partial charge in [0.05, 0.1) is 19.8 Å². The average molecular weight is 298 g/mol. The van der Waals surface area contributed by atoms with Crippen LogP contribution in [0.4, 0.5) is 0 Å². The van der Waals surface area contributed by atoms with Gasteiger partial charge in [-0.05, 0) is 24.7 Å². The minimum Gasteiger partial charge on any atom is -0.327 e. The fourth-order valence-corrected chi connectivity index (χ4v) is 1.56. The summed E-state index contributed by atoms with van der Waals surface area (Å²) >= 11 is 0. The van der Waals surface area contributed by atoms with Gasteiger partial charge in [-0.1, -0.05) is 41.5 Å². The minimum absolute atomic E-state index is 0.437. The lowest BCUT2D eigenvalue weighted by atomic mass is 10.2. The van der Waals surface area contributed by atoms with E-state index < -0.39 is 5.97 Å². The highest BCUT2D eigenvalue weighted by molar-refractivity contribution is 4.95. The van der Waals surface area contributed by atoms with Crippen molar-refractivity contribution in [2.24, 2.45) is 17.8 Å². The molecule has 0 atom stereocenters. The van der Waals surface area contributed by atoms with Crippen molar-refractivity contribution >= 4 is 0 Å². The number of rotatable bonds is 11. The van der Waals surface area contributed by atoms with Crippen LogP contribution in [0.15, 0.2) is 0 Å². The monoisotopic (exact) mass is 298 g/mol. The molecule has 0 heterocycles. The Bertz CT molecular complexity index is 279. The van der Waals surface area contributed by atoms with Crippen molar-refractivity contribution < 1.29 is 14.2 Å². The Morgan fingerprint density at radius 1 is 0.762 bits per heavy atom. The maximum atomic E-state index is 6.03. The zero-order valence-electron chi connectivity index (χ0n) is 15.0. The second kappa shape index (κ2) is 11.1. The van der Waals surface area contributed by atoms with Gasteiger partial charge < -0.3 is 14.2 Å². The van der Waals surface area contributed by atoms with E-state index in [9.17, 15) is 0 Å². The van der Waals surface area contributed by atoms with Crippen LogP contribution < -0.4 is 0 Å². The molecule has 0 spiro atoms. The van der Waals surface area contributed by atoms with Crippen molar-refractivity contribution in [2.75, 3.05) is 19.8 Å². The molecule has 0 N–H and O–H groups in total. The van der Waals surface area contributed by atoms with Crippen LogP contribution in [0.5, 0.6) is 0 Å². The molecule has 0 aromatic rings. The summed E-state index contributed by atoms with van der Waals surface area (Å²) in [6.45, 7) is 16.5. The van der Waals surface area contributed by atoms with Crippen LogP contribution in [0, 0.1) is 29.6 Å². The van der Waals surface area contributed by atoms with Gasteiger partial charge in [0, 0.05) is 12.8 Å². The molecule has 0 bridgehead atoms. The fraction of sp³-hybridized carbons (Fsp3) is 0.889. The van der Waals surface area contributed by atoms with E-state index in [-0.39, 0.29) is 0 Å². The maximum Gasteiger partial charge on any atom is 0.283 e. The zero-order chi connectivity index (χ0) is 16.3. The van der Waals surface area contributed by atoms with E-state index in [4.69, 9.17) is 14.2 Å². The van der Waals surface area contributed by atoms with E-state index in [2.05, 4.69) is 53.4 Å². The topological polar surface area (TPSA) is 27.7 Å². The number of hydrogen-bond acceptors (Lipinski definition) is 3. The van der Waals surface area contributed by atoms with E-state index in [1.165, 1.54) is 0 Å². The summed E-state index contributed by atoms with van der Waals surface area (Å²) in [6.07, 6.45) is 1.35. The van der Waals surface area contributed by atoms with Gasteiger partial charge in [-0.2, -0.15) is 0 Å². The first-order valence-electron chi connectivity index (χ1n) is 8.12. The Balaban J connectivity index is 4.88. The molecule has 0 saturated carbocycles. The molecule has 124 valence electrons. The molecule has 0 aliphatic heterocycles.